The number of hydrogen-bond acceptors (Lipinski definition) is 7. The Morgan fingerprint density at radius 3 is 2.48 bits per heavy atom. The Morgan fingerprint density at radius 2 is 1.71 bits per heavy atom. The van der Waals surface area contributed by atoms with Crippen LogP contribution in [-0.4, -0.2) is 48.3 Å². The summed E-state index contributed by atoms with van der Waals surface area (Å²) >= 11 is 0. The van der Waals surface area contributed by atoms with Gasteiger partial charge in [0.05, 0.1) is 13.2 Å². The van der Waals surface area contributed by atoms with Crippen LogP contribution in [0, 0.1) is 0 Å². The van der Waals surface area contributed by atoms with E-state index in [-0.39, 0.29) is 25.4 Å². The number of aryl methyl sites for hydroxylation is 1. The number of nitrogens with one attached hydrogen (secondary N) is 1. The van der Waals surface area contributed by atoms with Crippen molar-refractivity contribution in [3.63, 3.8) is 0 Å². The third-order valence-corrected chi connectivity index (χ3v) is 8.02. The molecule has 2 aromatic rings. The molecule has 2 aliphatic rings. The van der Waals surface area contributed by atoms with Crippen LogP contribution in [0.3, 0.4) is 0 Å². The summed E-state index contributed by atoms with van der Waals surface area (Å²) in [4.78, 5) is 34.7. The van der Waals surface area contributed by atoms with E-state index in [1.807, 2.05) is 24.3 Å². The number of allylic oxidation sites excluding steroid dienone is 4. The third-order valence-electron chi connectivity index (χ3n) is 8.02. The normalized spacial score (nSPS) is 13.7. The number of hydrogen-bond donors (Lipinski definition) is 3. The molecule has 10 nitrogen and oxygen atoms in total. The fourth-order valence-corrected chi connectivity index (χ4v) is 5.55. The van der Waals surface area contributed by atoms with Crippen LogP contribution < -0.4 is 14.8 Å². The summed E-state index contributed by atoms with van der Waals surface area (Å²) in [6.45, 7) is 0.736. The average molecular weight is 660 g/mol. The third kappa shape index (κ3) is 11.7. The Kier molecular flexibility index (Phi) is 14.2. The Balaban J connectivity index is 1.28. The van der Waals surface area contributed by atoms with Crippen LogP contribution in [0.25, 0.3) is 5.76 Å². The predicted molar refractivity (Wildman–Crippen MR) is 182 cm³/mol. The highest BCUT2D eigenvalue weighted by molar-refractivity contribution is 5.95. The number of carboxylic acid groups (broad SMARTS) is 2. The monoisotopic (exact) mass is 659 g/mol. The number of carboxylic acids is 2. The smallest absolute Gasteiger partial charge is 0.303 e. The number of amides is 1. The van der Waals surface area contributed by atoms with Crippen molar-refractivity contribution in [2.45, 2.75) is 77.0 Å². The van der Waals surface area contributed by atoms with E-state index in [1.165, 1.54) is 11.8 Å². The molecule has 0 unspecified atom stereocenters. The van der Waals surface area contributed by atoms with Crippen molar-refractivity contribution in [3.8, 4) is 11.5 Å². The van der Waals surface area contributed by atoms with Crippen molar-refractivity contribution in [2.75, 3.05) is 20.3 Å². The molecule has 0 radical (unpaired) electrons. The largest absolute Gasteiger partial charge is 0.494 e. The molecule has 2 aromatic carbocycles. The first-order chi connectivity index (χ1) is 23.3. The van der Waals surface area contributed by atoms with E-state index in [4.69, 9.17) is 24.1 Å². The maximum Gasteiger partial charge on any atom is 0.303 e. The van der Waals surface area contributed by atoms with Gasteiger partial charge in [-0.2, -0.15) is 0 Å². The molecule has 1 aliphatic heterocycles. The maximum atomic E-state index is 12.6. The minimum atomic E-state index is -0.877. The highest BCUT2D eigenvalue weighted by atomic mass is 16.5. The molecule has 48 heavy (non-hydrogen) atoms. The van der Waals surface area contributed by atoms with Gasteiger partial charge in [-0.05, 0) is 80.3 Å². The zero-order chi connectivity index (χ0) is 34.1. The molecular formula is C38H45NO9. The highest BCUT2D eigenvalue weighted by Gasteiger charge is 2.18. The summed E-state index contributed by atoms with van der Waals surface area (Å²) in [5.41, 5.74) is 4.33. The van der Waals surface area contributed by atoms with Gasteiger partial charge in [0.2, 0.25) is 0 Å². The second-order valence-corrected chi connectivity index (χ2v) is 11.7. The van der Waals surface area contributed by atoms with Crippen LogP contribution in [0.15, 0.2) is 78.5 Å². The first kappa shape index (κ1) is 35.9. The highest BCUT2D eigenvalue weighted by Crippen LogP contribution is 2.32. The number of aliphatic carboxylic acids is 2. The molecule has 0 fully saturated rings. The van der Waals surface area contributed by atoms with Gasteiger partial charge in [0.1, 0.15) is 29.8 Å². The van der Waals surface area contributed by atoms with Gasteiger partial charge in [-0.15, -0.1) is 0 Å². The van der Waals surface area contributed by atoms with Crippen molar-refractivity contribution in [1.82, 2.24) is 5.32 Å². The summed E-state index contributed by atoms with van der Waals surface area (Å²) < 4.78 is 23.7. The van der Waals surface area contributed by atoms with E-state index in [1.54, 1.807) is 25.4 Å². The molecule has 0 aromatic heterocycles. The molecule has 10 heteroatoms. The number of carbonyl (C=O) groups excluding carboxylic acids is 1. The lowest BCUT2D eigenvalue weighted by molar-refractivity contribution is -0.138. The topological polar surface area (TPSA) is 141 Å². The van der Waals surface area contributed by atoms with Crippen LogP contribution in [0.2, 0.25) is 0 Å². The van der Waals surface area contributed by atoms with E-state index in [9.17, 15) is 19.5 Å². The molecule has 0 saturated carbocycles. The second-order valence-electron chi connectivity index (χ2n) is 11.7. The average Bonchev–Trinajstić information content (AvgIpc) is 3.09. The SMILES string of the molecule is CNC(=O)c1cc(OCCCCCCc2cccc(OCCCC(=O)O)c2CCC(=O)O)cc(C2=COC=C(CC3=CC=CCC3)O2)c1. The first-order valence-electron chi connectivity index (χ1n) is 16.6. The fourth-order valence-electron chi connectivity index (χ4n) is 5.55. The molecule has 4 rings (SSSR count). The van der Waals surface area contributed by atoms with E-state index in [2.05, 4.69) is 23.5 Å². The van der Waals surface area contributed by atoms with Crippen LogP contribution in [0.4, 0.5) is 0 Å². The van der Waals surface area contributed by atoms with Crippen LogP contribution in [0.5, 0.6) is 11.5 Å². The summed E-state index contributed by atoms with van der Waals surface area (Å²) in [5, 5.41) is 20.8. The van der Waals surface area contributed by atoms with Gasteiger partial charge >= 0.3 is 11.9 Å². The summed E-state index contributed by atoms with van der Waals surface area (Å²) in [6.07, 6.45) is 17.2. The Bertz CT molecular complexity index is 1550. The number of rotatable bonds is 20. The first-order valence-corrected chi connectivity index (χ1v) is 16.6. The summed E-state index contributed by atoms with van der Waals surface area (Å²) in [5.74, 6) is 0.413. The van der Waals surface area contributed by atoms with Crippen molar-refractivity contribution < 1.29 is 43.5 Å². The lowest BCUT2D eigenvalue weighted by atomic mass is 9.97. The number of unbranched alkanes of at least 4 members (excludes halogenated alkanes) is 3. The molecular weight excluding hydrogens is 614 g/mol. The van der Waals surface area contributed by atoms with E-state index >= 15 is 0 Å². The zero-order valence-electron chi connectivity index (χ0n) is 27.5. The van der Waals surface area contributed by atoms with Crippen molar-refractivity contribution >= 4 is 23.6 Å². The van der Waals surface area contributed by atoms with Crippen LogP contribution in [0.1, 0.15) is 91.3 Å². The quantitative estimate of drug-likeness (QED) is 0.125. The van der Waals surface area contributed by atoms with Crippen molar-refractivity contribution in [1.29, 1.82) is 0 Å². The van der Waals surface area contributed by atoms with Crippen molar-refractivity contribution in [3.05, 3.63) is 101 Å². The van der Waals surface area contributed by atoms with Gasteiger partial charge in [-0.3, -0.25) is 14.4 Å². The number of benzene rings is 2. The Hall–Kier alpha value is -4.99. The maximum absolute atomic E-state index is 12.6. The molecule has 3 N–H and O–H groups in total. The summed E-state index contributed by atoms with van der Waals surface area (Å²) in [7, 11) is 1.59. The summed E-state index contributed by atoms with van der Waals surface area (Å²) in [6, 6.07) is 11.0. The molecule has 1 heterocycles. The van der Waals surface area contributed by atoms with E-state index < -0.39 is 11.9 Å². The standard InChI is InChI=1S/C38H45NO9/c1-39-38(44)30-22-29(35-26-45-25-32(48-35)21-27-11-5-4-6-12-27)23-31(24-30)46-19-8-3-2-7-13-28-14-9-15-34(33(28)17-18-37(42)43)47-20-10-16-36(40)41/h4-5,9,11,14-15,22-26H,2-3,6-8,10,12-13,16-21H2,1H3,(H,39,44)(H,40,41)(H,42,43). The molecule has 1 aliphatic carbocycles. The van der Waals surface area contributed by atoms with Gasteiger partial charge in [0.25, 0.3) is 5.91 Å². The van der Waals surface area contributed by atoms with Gasteiger partial charge in [0, 0.05) is 37.4 Å². The minimum Gasteiger partial charge on any atom is -0.494 e. The fraction of sp³-hybridized carbons (Fsp3) is 0.395. The molecule has 1 amide bonds. The molecule has 0 spiro atoms. The lowest BCUT2D eigenvalue weighted by Gasteiger charge is -2.19. The zero-order valence-corrected chi connectivity index (χ0v) is 27.5. The van der Waals surface area contributed by atoms with Gasteiger partial charge in [0.15, 0.2) is 5.76 Å². The Labute approximate surface area is 281 Å². The minimum absolute atomic E-state index is 0.00689. The predicted octanol–water partition coefficient (Wildman–Crippen LogP) is 7.34. The van der Waals surface area contributed by atoms with Crippen LogP contribution in [-0.2, 0) is 31.9 Å². The van der Waals surface area contributed by atoms with E-state index in [0.717, 1.165) is 56.1 Å². The Morgan fingerprint density at radius 1 is 0.896 bits per heavy atom. The molecule has 0 atom stereocenters. The number of carbonyl (C=O) groups is 3. The van der Waals surface area contributed by atoms with Crippen molar-refractivity contribution in [2.24, 2.45) is 0 Å². The van der Waals surface area contributed by atoms with Crippen LogP contribution >= 0.6 is 0 Å². The van der Waals surface area contributed by atoms with E-state index in [0.29, 0.717) is 60.0 Å². The molecule has 256 valence electrons. The molecule has 0 saturated heterocycles. The van der Waals surface area contributed by atoms with Gasteiger partial charge in [-0.1, -0.05) is 48.8 Å². The second kappa shape index (κ2) is 19.0. The number of ether oxygens (including phenoxy) is 4. The van der Waals surface area contributed by atoms with Gasteiger partial charge in [-0.25, -0.2) is 0 Å². The van der Waals surface area contributed by atoms with Gasteiger partial charge < -0.3 is 34.5 Å². The molecule has 0 bridgehead atoms. The lowest BCUT2D eigenvalue weighted by Crippen LogP contribution is -2.18.